The lowest BCUT2D eigenvalue weighted by molar-refractivity contribution is -0.138. The molecule has 2 aromatic carbocycles. The Morgan fingerprint density at radius 3 is 2.44 bits per heavy atom. The van der Waals surface area contributed by atoms with E-state index in [1.807, 2.05) is 0 Å². The molecular weight excluding hydrogens is 361 g/mol. The number of nitrogens with one attached hydrogen (secondary N) is 1. The molecule has 0 heterocycles. The summed E-state index contributed by atoms with van der Waals surface area (Å²) in [7, 11) is 0. The molecule has 0 unspecified atom stereocenters. The van der Waals surface area contributed by atoms with Crippen LogP contribution < -0.4 is 11.1 Å². The molecule has 0 atom stereocenters. The zero-order valence-electron chi connectivity index (χ0n) is 14.8. The van der Waals surface area contributed by atoms with Gasteiger partial charge < -0.3 is 15.8 Å². The average molecular weight is 380 g/mol. The molecule has 0 aliphatic heterocycles. The lowest BCUT2D eigenvalue weighted by Gasteiger charge is -2.14. The van der Waals surface area contributed by atoms with Crippen LogP contribution in [0.4, 0.5) is 18.9 Å². The second-order valence-corrected chi connectivity index (χ2v) is 5.78. The van der Waals surface area contributed by atoms with Gasteiger partial charge in [0.15, 0.2) is 0 Å². The van der Waals surface area contributed by atoms with Gasteiger partial charge in [0.25, 0.3) is 5.91 Å². The highest BCUT2D eigenvalue weighted by Crippen LogP contribution is 2.32. The number of anilines is 1. The predicted molar refractivity (Wildman–Crippen MR) is 94.4 cm³/mol. The Labute approximate surface area is 154 Å². The fraction of sp³-hybridized carbons (Fsp3) is 0.263. The van der Waals surface area contributed by atoms with E-state index in [0.717, 1.165) is 6.07 Å². The highest BCUT2D eigenvalue weighted by Gasteiger charge is 2.33. The van der Waals surface area contributed by atoms with Crippen molar-refractivity contribution in [1.82, 2.24) is 0 Å². The molecule has 2 rings (SSSR count). The van der Waals surface area contributed by atoms with Gasteiger partial charge in [0.1, 0.15) is 0 Å². The van der Waals surface area contributed by atoms with Gasteiger partial charge in [-0.15, -0.1) is 0 Å². The third kappa shape index (κ3) is 4.85. The Balaban J connectivity index is 2.30. The largest absolute Gasteiger partial charge is 0.462 e. The van der Waals surface area contributed by atoms with Crippen molar-refractivity contribution in [3.8, 4) is 0 Å². The average Bonchev–Trinajstić information content (AvgIpc) is 2.62. The maximum atomic E-state index is 13.1. The summed E-state index contributed by atoms with van der Waals surface area (Å²) in [6.07, 6.45) is -4.62. The van der Waals surface area contributed by atoms with Crippen molar-refractivity contribution < 1.29 is 27.5 Å². The van der Waals surface area contributed by atoms with Crippen LogP contribution in [-0.2, 0) is 17.5 Å². The molecular formula is C19H19F3N2O3. The lowest BCUT2D eigenvalue weighted by atomic mass is 10.0. The van der Waals surface area contributed by atoms with Gasteiger partial charge >= 0.3 is 12.1 Å². The molecule has 3 N–H and O–H groups in total. The number of carbonyl (C=O) groups excluding carboxylic acids is 2. The first-order chi connectivity index (χ1) is 12.7. The number of esters is 1. The van der Waals surface area contributed by atoms with Crippen LogP contribution in [-0.4, -0.2) is 18.5 Å². The van der Waals surface area contributed by atoms with E-state index in [1.165, 1.54) is 18.2 Å². The van der Waals surface area contributed by atoms with Gasteiger partial charge in [0.05, 0.1) is 17.7 Å². The minimum absolute atomic E-state index is 0.0982. The highest BCUT2D eigenvalue weighted by molar-refractivity contribution is 6.05. The first kappa shape index (κ1) is 20.4. The molecule has 0 aliphatic rings. The summed E-state index contributed by atoms with van der Waals surface area (Å²) in [5, 5.41) is 2.49. The van der Waals surface area contributed by atoms with Crippen LogP contribution in [0.2, 0.25) is 0 Å². The Morgan fingerprint density at radius 2 is 1.85 bits per heavy atom. The molecule has 0 saturated heterocycles. The van der Waals surface area contributed by atoms with Crippen LogP contribution in [0.1, 0.15) is 44.3 Å². The van der Waals surface area contributed by atoms with Gasteiger partial charge in [0.2, 0.25) is 0 Å². The van der Waals surface area contributed by atoms with Crippen LogP contribution in [0.5, 0.6) is 0 Å². The minimum Gasteiger partial charge on any atom is -0.462 e. The summed E-state index contributed by atoms with van der Waals surface area (Å²) >= 11 is 0. The number of carbonyl (C=O) groups is 2. The van der Waals surface area contributed by atoms with Gasteiger partial charge in [-0.2, -0.15) is 13.2 Å². The first-order valence-electron chi connectivity index (χ1n) is 8.16. The normalized spacial score (nSPS) is 11.2. The fourth-order valence-corrected chi connectivity index (χ4v) is 2.49. The number of alkyl halides is 3. The third-order valence-electron chi connectivity index (χ3n) is 3.89. The molecule has 27 heavy (non-hydrogen) atoms. The number of hydrogen-bond acceptors (Lipinski definition) is 4. The summed E-state index contributed by atoms with van der Waals surface area (Å²) in [5.41, 5.74) is 5.31. The summed E-state index contributed by atoms with van der Waals surface area (Å²) in [6.45, 7) is 3.28. The maximum absolute atomic E-state index is 13.1. The molecule has 0 saturated carbocycles. The molecule has 0 aliphatic carbocycles. The smallest absolute Gasteiger partial charge is 0.416 e. The fourth-order valence-electron chi connectivity index (χ4n) is 2.49. The first-order valence-corrected chi connectivity index (χ1v) is 8.16. The molecule has 0 bridgehead atoms. The second kappa shape index (κ2) is 8.22. The molecule has 0 radical (unpaired) electrons. The summed E-state index contributed by atoms with van der Waals surface area (Å²) < 4.78 is 44.3. The number of halogens is 3. The van der Waals surface area contributed by atoms with Crippen molar-refractivity contribution >= 4 is 17.6 Å². The number of nitrogens with two attached hydrogens (primary N) is 1. The Bertz CT molecular complexity index is 864. The van der Waals surface area contributed by atoms with E-state index in [4.69, 9.17) is 10.5 Å². The van der Waals surface area contributed by atoms with E-state index >= 15 is 0 Å². The Kier molecular flexibility index (Phi) is 6.22. The van der Waals surface area contributed by atoms with E-state index < -0.39 is 23.6 Å². The van der Waals surface area contributed by atoms with Crippen molar-refractivity contribution in [1.29, 1.82) is 0 Å². The number of ether oxygens (including phenoxy) is 1. The molecule has 1 amide bonds. The maximum Gasteiger partial charge on any atom is 0.416 e. The zero-order valence-corrected chi connectivity index (χ0v) is 14.8. The quantitative estimate of drug-likeness (QED) is 0.771. The monoisotopic (exact) mass is 380 g/mol. The number of benzene rings is 2. The number of aryl methyl sites for hydroxylation is 1. The van der Waals surface area contributed by atoms with E-state index in [2.05, 4.69) is 5.32 Å². The molecule has 144 valence electrons. The molecule has 5 nitrogen and oxygen atoms in total. The van der Waals surface area contributed by atoms with E-state index in [-0.39, 0.29) is 35.5 Å². The highest BCUT2D eigenvalue weighted by atomic mass is 19.4. The predicted octanol–water partition coefficient (Wildman–Crippen LogP) is 3.90. The van der Waals surface area contributed by atoms with Crippen LogP contribution in [0, 0.1) is 6.92 Å². The van der Waals surface area contributed by atoms with E-state index in [0.29, 0.717) is 5.56 Å². The molecule has 0 spiro atoms. The Morgan fingerprint density at radius 1 is 1.15 bits per heavy atom. The zero-order chi connectivity index (χ0) is 20.2. The van der Waals surface area contributed by atoms with Crippen LogP contribution >= 0.6 is 0 Å². The van der Waals surface area contributed by atoms with Gasteiger partial charge in [0, 0.05) is 17.8 Å². The molecule has 0 fully saturated rings. The van der Waals surface area contributed by atoms with E-state index in [9.17, 15) is 22.8 Å². The second-order valence-electron chi connectivity index (χ2n) is 5.78. The van der Waals surface area contributed by atoms with Gasteiger partial charge in [-0.1, -0.05) is 12.1 Å². The minimum atomic E-state index is -4.62. The lowest BCUT2D eigenvalue weighted by Crippen LogP contribution is -2.17. The van der Waals surface area contributed by atoms with E-state index in [1.54, 1.807) is 26.0 Å². The SMILES string of the molecule is CCOC(=O)c1cc(NC(=O)c2ccc(CN)c(C(F)(F)F)c2)ccc1C. The van der Waals surface area contributed by atoms with Gasteiger partial charge in [-0.05, 0) is 49.2 Å². The van der Waals surface area contributed by atoms with Crippen LogP contribution in [0.15, 0.2) is 36.4 Å². The number of hydrogen-bond donors (Lipinski definition) is 2. The van der Waals surface area contributed by atoms with Crippen molar-refractivity contribution in [3.63, 3.8) is 0 Å². The summed E-state index contributed by atoms with van der Waals surface area (Å²) in [5.74, 6) is -1.28. The Hall–Kier alpha value is -2.87. The van der Waals surface area contributed by atoms with Crippen molar-refractivity contribution in [2.75, 3.05) is 11.9 Å². The van der Waals surface area contributed by atoms with Crippen LogP contribution in [0.25, 0.3) is 0 Å². The van der Waals surface area contributed by atoms with Crippen molar-refractivity contribution in [2.24, 2.45) is 5.73 Å². The topological polar surface area (TPSA) is 81.4 Å². The standard InChI is InChI=1S/C19H19F3N2O3/c1-3-27-18(26)15-9-14(7-4-11(15)2)24-17(25)12-5-6-13(10-23)16(8-12)19(20,21)22/h4-9H,3,10,23H2,1-2H3,(H,24,25). The third-order valence-corrected chi connectivity index (χ3v) is 3.89. The molecule has 8 heteroatoms. The number of amides is 1. The van der Waals surface area contributed by atoms with Crippen molar-refractivity contribution in [2.45, 2.75) is 26.6 Å². The molecule has 2 aromatic rings. The number of rotatable bonds is 5. The van der Waals surface area contributed by atoms with Crippen LogP contribution in [0.3, 0.4) is 0 Å². The summed E-state index contributed by atoms with van der Waals surface area (Å²) in [6, 6.07) is 7.79. The van der Waals surface area contributed by atoms with Crippen molar-refractivity contribution in [3.05, 3.63) is 64.2 Å². The summed E-state index contributed by atoms with van der Waals surface area (Å²) in [4.78, 5) is 24.3. The van der Waals surface area contributed by atoms with Gasteiger partial charge in [-0.3, -0.25) is 4.79 Å². The molecule has 0 aromatic heterocycles. The van der Waals surface area contributed by atoms with Gasteiger partial charge in [-0.25, -0.2) is 4.79 Å².